The van der Waals surface area contributed by atoms with Gasteiger partial charge in [0.1, 0.15) is 0 Å². The zero-order valence-electron chi connectivity index (χ0n) is 12.4. The quantitative estimate of drug-likeness (QED) is 0.830. The van der Waals surface area contributed by atoms with Gasteiger partial charge in [-0.15, -0.1) is 0 Å². The molecule has 0 aliphatic carbocycles. The maximum absolute atomic E-state index is 12.2. The molecule has 8 heteroatoms. The van der Waals surface area contributed by atoms with Crippen molar-refractivity contribution in [3.8, 4) is 0 Å². The largest absolute Gasteiger partial charge is 0.323 e. The van der Waals surface area contributed by atoms with Crippen molar-refractivity contribution in [1.82, 2.24) is 4.90 Å². The minimum absolute atomic E-state index is 0.00271. The van der Waals surface area contributed by atoms with Crippen molar-refractivity contribution >= 4 is 37.7 Å². The average molecular weight is 398 g/mol. The Bertz CT molecular complexity index is 807. The number of nitrogens with two attached hydrogens (primary N) is 1. The Morgan fingerprint density at radius 1 is 1.17 bits per heavy atom. The van der Waals surface area contributed by atoms with Gasteiger partial charge in [-0.05, 0) is 35.9 Å². The molecular formula is C15H16BrN3O3S. The average Bonchev–Trinajstić information content (AvgIpc) is 2.49. The van der Waals surface area contributed by atoms with Gasteiger partial charge in [-0.3, -0.25) is 0 Å². The van der Waals surface area contributed by atoms with E-state index >= 15 is 0 Å². The van der Waals surface area contributed by atoms with Crippen LogP contribution < -0.4 is 10.5 Å². The molecule has 0 radical (unpaired) electrons. The summed E-state index contributed by atoms with van der Waals surface area (Å²) in [6.45, 7) is 0.433. The first-order valence-corrected chi connectivity index (χ1v) is 8.99. The lowest BCUT2D eigenvalue weighted by Gasteiger charge is -2.19. The molecule has 0 saturated carbocycles. The Morgan fingerprint density at radius 2 is 1.78 bits per heavy atom. The monoisotopic (exact) mass is 397 g/mol. The molecule has 3 N–H and O–H groups in total. The van der Waals surface area contributed by atoms with Crippen molar-refractivity contribution in [2.24, 2.45) is 5.14 Å². The molecule has 0 spiro atoms. The fraction of sp³-hybridized carbons (Fsp3) is 0.133. The van der Waals surface area contributed by atoms with E-state index < -0.39 is 10.0 Å². The zero-order valence-corrected chi connectivity index (χ0v) is 14.8. The van der Waals surface area contributed by atoms with Crippen LogP contribution in [0.1, 0.15) is 5.56 Å². The van der Waals surface area contributed by atoms with Gasteiger partial charge in [0, 0.05) is 23.8 Å². The molecule has 0 aromatic heterocycles. The number of hydrogen-bond acceptors (Lipinski definition) is 3. The molecule has 6 nitrogen and oxygen atoms in total. The molecule has 2 aromatic carbocycles. The molecule has 0 aliphatic heterocycles. The van der Waals surface area contributed by atoms with E-state index in [1.54, 1.807) is 7.05 Å². The first-order chi connectivity index (χ1) is 10.8. The smallest absolute Gasteiger partial charge is 0.321 e. The maximum Gasteiger partial charge on any atom is 0.321 e. The van der Waals surface area contributed by atoms with Crippen molar-refractivity contribution < 1.29 is 13.2 Å². The fourth-order valence-electron chi connectivity index (χ4n) is 1.90. The maximum atomic E-state index is 12.2. The standard InChI is InChI=1S/C15H16BrN3O3S/c1-19(10-11-4-2-3-5-14(11)16)15(20)18-12-6-8-13(9-7-12)23(17,21)22/h2-9H,10H2,1H3,(H,18,20)(H2,17,21,22). The Labute approximate surface area is 143 Å². The molecule has 2 aromatic rings. The number of carbonyl (C=O) groups excluding carboxylic acids is 1. The van der Waals surface area contributed by atoms with Crippen molar-refractivity contribution in [2.45, 2.75) is 11.4 Å². The van der Waals surface area contributed by atoms with Gasteiger partial charge in [-0.25, -0.2) is 18.4 Å². The molecule has 122 valence electrons. The number of amides is 2. The molecule has 0 aliphatic rings. The number of urea groups is 1. The molecular weight excluding hydrogens is 382 g/mol. The molecule has 0 unspecified atom stereocenters. The SMILES string of the molecule is CN(Cc1ccccc1Br)C(=O)Nc1ccc(S(N)(=O)=O)cc1. The molecule has 0 heterocycles. The molecule has 0 atom stereocenters. The van der Waals surface area contributed by atoms with Crippen LogP contribution in [-0.2, 0) is 16.6 Å². The number of anilines is 1. The van der Waals surface area contributed by atoms with Crippen LogP contribution in [0.3, 0.4) is 0 Å². The second-order valence-electron chi connectivity index (χ2n) is 4.95. The topological polar surface area (TPSA) is 92.5 Å². The van der Waals surface area contributed by atoms with Gasteiger partial charge in [-0.1, -0.05) is 34.1 Å². The van der Waals surface area contributed by atoms with E-state index in [0.717, 1.165) is 10.0 Å². The molecule has 0 bridgehead atoms. The summed E-state index contributed by atoms with van der Waals surface area (Å²) in [6, 6.07) is 13.0. The minimum Gasteiger partial charge on any atom is -0.323 e. The van der Waals surface area contributed by atoms with Gasteiger partial charge in [0.15, 0.2) is 0 Å². The predicted octanol–water partition coefficient (Wildman–Crippen LogP) is 2.76. The normalized spacial score (nSPS) is 11.1. The molecule has 2 rings (SSSR count). The number of nitrogens with one attached hydrogen (secondary N) is 1. The van der Waals surface area contributed by atoms with E-state index in [1.807, 2.05) is 24.3 Å². The van der Waals surface area contributed by atoms with Crippen LogP contribution in [0.4, 0.5) is 10.5 Å². The second-order valence-corrected chi connectivity index (χ2v) is 7.36. The van der Waals surface area contributed by atoms with Crippen molar-refractivity contribution in [3.05, 3.63) is 58.6 Å². The van der Waals surface area contributed by atoms with Crippen molar-refractivity contribution in [2.75, 3.05) is 12.4 Å². The Kier molecular flexibility index (Phi) is 5.40. The first-order valence-electron chi connectivity index (χ1n) is 6.66. The number of nitrogens with zero attached hydrogens (tertiary/aromatic N) is 1. The Balaban J connectivity index is 2.02. The lowest BCUT2D eigenvalue weighted by molar-refractivity contribution is 0.220. The Morgan fingerprint density at radius 3 is 2.35 bits per heavy atom. The number of halogens is 1. The molecule has 2 amide bonds. The Hall–Kier alpha value is -1.90. The highest BCUT2D eigenvalue weighted by molar-refractivity contribution is 9.10. The third-order valence-corrected chi connectivity index (χ3v) is 4.85. The van der Waals surface area contributed by atoms with Crippen LogP contribution in [0.25, 0.3) is 0 Å². The van der Waals surface area contributed by atoms with E-state index in [4.69, 9.17) is 5.14 Å². The van der Waals surface area contributed by atoms with Crippen LogP contribution in [0.2, 0.25) is 0 Å². The van der Waals surface area contributed by atoms with Crippen molar-refractivity contribution in [1.29, 1.82) is 0 Å². The van der Waals surface area contributed by atoms with E-state index in [0.29, 0.717) is 12.2 Å². The third kappa shape index (κ3) is 4.78. The summed E-state index contributed by atoms with van der Waals surface area (Å²) in [5.41, 5.74) is 1.47. The van der Waals surface area contributed by atoms with Crippen LogP contribution in [-0.4, -0.2) is 26.4 Å². The van der Waals surface area contributed by atoms with E-state index in [1.165, 1.54) is 29.2 Å². The summed E-state index contributed by atoms with van der Waals surface area (Å²) in [5, 5.41) is 7.72. The summed E-state index contributed by atoms with van der Waals surface area (Å²) >= 11 is 3.44. The molecule has 23 heavy (non-hydrogen) atoms. The van der Waals surface area contributed by atoms with Gasteiger partial charge < -0.3 is 10.2 Å². The predicted molar refractivity (Wildman–Crippen MR) is 92.4 cm³/mol. The highest BCUT2D eigenvalue weighted by Gasteiger charge is 2.12. The first kappa shape index (κ1) is 17.5. The van der Waals surface area contributed by atoms with E-state index in [2.05, 4.69) is 21.2 Å². The van der Waals surface area contributed by atoms with Crippen molar-refractivity contribution in [3.63, 3.8) is 0 Å². The highest BCUT2D eigenvalue weighted by Crippen LogP contribution is 2.18. The molecule has 0 fully saturated rings. The summed E-state index contributed by atoms with van der Waals surface area (Å²) in [6.07, 6.45) is 0. The highest BCUT2D eigenvalue weighted by atomic mass is 79.9. The number of sulfonamides is 1. The lowest BCUT2D eigenvalue weighted by Crippen LogP contribution is -2.30. The summed E-state index contributed by atoms with van der Waals surface area (Å²) in [4.78, 5) is 13.7. The van der Waals surface area contributed by atoms with E-state index in [-0.39, 0.29) is 10.9 Å². The summed E-state index contributed by atoms with van der Waals surface area (Å²) < 4.78 is 23.3. The molecule has 0 saturated heterocycles. The second kappa shape index (κ2) is 7.12. The number of hydrogen-bond donors (Lipinski definition) is 2. The third-order valence-electron chi connectivity index (χ3n) is 3.15. The van der Waals surface area contributed by atoms with Gasteiger partial charge in [-0.2, -0.15) is 0 Å². The number of carbonyl (C=O) groups is 1. The van der Waals surface area contributed by atoms with Crippen LogP contribution in [0, 0.1) is 0 Å². The fourth-order valence-corrected chi connectivity index (χ4v) is 2.83. The number of primary sulfonamides is 1. The summed E-state index contributed by atoms with van der Waals surface area (Å²) in [5.74, 6) is 0. The van der Waals surface area contributed by atoms with Crippen LogP contribution in [0.5, 0.6) is 0 Å². The van der Waals surface area contributed by atoms with Crippen LogP contribution >= 0.6 is 15.9 Å². The lowest BCUT2D eigenvalue weighted by atomic mass is 10.2. The minimum atomic E-state index is -3.74. The van der Waals surface area contributed by atoms with E-state index in [9.17, 15) is 13.2 Å². The summed E-state index contributed by atoms with van der Waals surface area (Å²) in [7, 11) is -2.06. The van der Waals surface area contributed by atoms with Crippen LogP contribution in [0.15, 0.2) is 57.9 Å². The van der Waals surface area contributed by atoms with Gasteiger partial charge in [0.25, 0.3) is 0 Å². The zero-order chi connectivity index (χ0) is 17.0. The van der Waals surface area contributed by atoms with Gasteiger partial charge >= 0.3 is 6.03 Å². The number of rotatable bonds is 4. The van der Waals surface area contributed by atoms with Gasteiger partial charge in [0.2, 0.25) is 10.0 Å². The van der Waals surface area contributed by atoms with Gasteiger partial charge in [0.05, 0.1) is 4.90 Å². The number of benzene rings is 2.